The van der Waals surface area contributed by atoms with Crippen LogP contribution in [0.3, 0.4) is 0 Å². The molecule has 1 aromatic heterocycles. The number of carbonyl (C=O) groups excluding carboxylic acids is 1. The predicted molar refractivity (Wildman–Crippen MR) is 58.3 cm³/mol. The first-order valence-corrected chi connectivity index (χ1v) is 5.24. The molecule has 0 atom stereocenters. The Balaban J connectivity index is 1.99. The van der Waals surface area contributed by atoms with Crippen LogP contribution in [0.25, 0.3) is 0 Å². The van der Waals surface area contributed by atoms with Crippen LogP contribution >= 0.6 is 0 Å². The summed E-state index contributed by atoms with van der Waals surface area (Å²) in [5.41, 5.74) is 0. The Bertz CT molecular complexity index is 352. The van der Waals surface area contributed by atoms with E-state index in [1.54, 1.807) is 11.0 Å². The molecule has 0 saturated carbocycles. The van der Waals surface area contributed by atoms with Crippen LogP contribution in [-0.4, -0.2) is 45.0 Å². The Kier molecular flexibility index (Phi) is 5.49. The van der Waals surface area contributed by atoms with Crippen molar-refractivity contribution in [2.24, 2.45) is 0 Å². The zero-order chi connectivity index (χ0) is 12.5. The molecule has 0 radical (unpaired) electrons. The molecule has 8 nitrogen and oxygen atoms in total. The van der Waals surface area contributed by atoms with Crippen molar-refractivity contribution in [1.82, 2.24) is 25.4 Å². The number of aliphatic carboxylic acids is 1. The van der Waals surface area contributed by atoms with Crippen molar-refractivity contribution < 1.29 is 14.7 Å². The first kappa shape index (κ1) is 12.9. The largest absolute Gasteiger partial charge is 0.481 e. The summed E-state index contributed by atoms with van der Waals surface area (Å²) in [7, 11) is 0. The van der Waals surface area contributed by atoms with Gasteiger partial charge in [0, 0.05) is 19.5 Å². The molecule has 0 spiro atoms. The maximum Gasteiger partial charge on any atom is 0.314 e. The third-order valence-electron chi connectivity index (χ3n) is 1.95. The van der Waals surface area contributed by atoms with Crippen LogP contribution in [0, 0.1) is 0 Å². The number of hydrogen-bond donors (Lipinski definition) is 3. The number of carbonyl (C=O) groups is 2. The Labute approximate surface area is 98.0 Å². The Hall–Kier alpha value is -2.12. The minimum Gasteiger partial charge on any atom is -0.481 e. The number of hydrogen-bond acceptors (Lipinski definition) is 4. The lowest BCUT2D eigenvalue weighted by molar-refractivity contribution is -0.137. The molecule has 94 valence electrons. The van der Waals surface area contributed by atoms with Crippen molar-refractivity contribution in [1.29, 1.82) is 0 Å². The summed E-state index contributed by atoms with van der Waals surface area (Å²) in [4.78, 5) is 25.2. The first-order chi connectivity index (χ1) is 8.18. The maximum atomic E-state index is 11.2. The van der Waals surface area contributed by atoms with Crippen LogP contribution < -0.4 is 10.6 Å². The molecule has 1 rings (SSSR count). The molecule has 17 heavy (non-hydrogen) atoms. The number of carboxylic acids is 1. The summed E-state index contributed by atoms with van der Waals surface area (Å²) in [6, 6.07) is -0.310. The second-order valence-electron chi connectivity index (χ2n) is 3.34. The van der Waals surface area contributed by atoms with Gasteiger partial charge in [0.2, 0.25) is 0 Å². The number of nitrogens with one attached hydrogen (secondary N) is 2. The summed E-state index contributed by atoms with van der Waals surface area (Å²) in [6.45, 7) is 1.33. The van der Waals surface area contributed by atoms with Crippen LogP contribution in [0.2, 0.25) is 0 Å². The fourth-order valence-electron chi connectivity index (χ4n) is 1.14. The highest BCUT2D eigenvalue weighted by atomic mass is 16.4. The van der Waals surface area contributed by atoms with Gasteiger partial charge in [-0.3, -0.25) is 9.48 Å². The van der Waals surface area contributed by atoms with Gasteiger partial charge in [-0.1, -0.05) is 0 Å². The van der Waals surface area contributed by atoms with E-state index in [0.29, 0.717) is 26.1 Å². The topological polar surface area (TPSA) is 109 Å². The fraction of sp³-hybridized carbons (Fsp3) is 0.556. The highest BCUT2D eigenvalue weighted by Gasteiger charge is 2.00. The number of rotatable bonds is 7. The molecule has 0 bridgehead atoms. The van der Waals surface area contributed by atoms with Crippen molar-refractivity contribution in [2.45, 2.75) is 19.4 Å². The monoisotopic (exact) mass is 241 g/mol. The molecule has 0 unspecified atom stereocenters. The van der Waals surface area contributed by atoms with E-state index >= 15 is 0 Å². The average Bonchev–Trinajstić information content (AvgIpc) is 2.77. The molecule has 0 saturated heterocycles. The normalized spacial score (nSPS) is 9.88. The molecule has 2 amide bonds. The number of urea groups is 1. The van der Waals surface area contributed by atoms with E-state index in [0.717, 1.165) is 0 Å². The van der Waals surface area contributed by atoms with Gasteiger partial charge in [-0.25, -0.2) is 9.78 Å². The van der Waals surface area contributed by atoms with E-state index in [1.807, 2.05) is 0 Å². The molecule has 3 N–H and O–H groups in total. The van der Waals surface area contributed by atoms with Crippen LogP contribution in [0.4, 0.5) is 4.79 Å². The van der Waals surface area contributed by atoms with Gasteiger partial charge in [0.15, 0.2) is 0 Å². The van der Waals surface area contributed by atoms with Gasteiger partial charge < -0.3 is 15.7 Å². The van der Waals surface area contributed by atoms with Gasteiger partial charge >= 0.3 is 12.0 Å². The zero-order valence-corrected chi connectivity index (χ0v) is 9.30. The van der Waals surface area contributed by atoms with Crippen molar-refractivity contribution >= 4 is 12.0 Å². The van der Waals surface area contributed by atoms with Gasteiger partial charge in [-0.15, -0.1) is 0 Å². The molecule has 1 heterocycles. The molecule has 0 aliphatic rings. The number of nitrogens with zero attached hydrogens (tertiary/aromatic N) is 3. The number of aromatic nitrogens is 3. The number of carboxylic acid groups (broad SMARTS) is 1. The SMILES string of the molecule is O=C(O)CCCNC(=O)NCCn1cncn1. The quantitative estimate of drug-likeness (QED) is 0.554. The van der Waals surface area contributed by atoms with E-state index in [-0.39, 0.29) is 12.5 Å². The van der Waals surface area contributed by atoms with E-state index in [9.17, 15) is 9.59 Å². The second-order valence-corrected chi connectivity index (χ2v) is 3.34. The lowest BCUT2D eigenvalue weighted by atomic mass is 10.3. The molecule has 0 aliphatic heterocycles. The van der Waals surface area contributed by atoms with Crippen molar-refractivity contribution in [3.8, 4) is 0 Å². The van der Waals surface area contributed by atoms with Crippen molar-refractivity contribution in [3.05, 3.63) is 12.7 Å². The van der Waals surface area contributed by atoms with E-state index < -0.39 is 5.97 Å². The minimum atomic E-state index is -0.863. The second kappa shape index (κ2) is 7.20. The Morgan fingerprint density at radius 2 is 2.06 bits per heavy atom. The van der Waals surface area contributed by atoms with Crippen LogP contribution in [0.5, 0.6) is 0 Å². The molecule has 0 aliphatic carbocycles. The predicted octanol–water partition coefficient (Wildman–Crippen LogP) is -0.558. The van der Waals surface area contributed by atoms with Crippen molar-refractivity contribution in [3.63, 3.8) is 0 Å². The van der Waals surface area contributed by atoms with Gasteiger partial charge in [0.05, 0.1) is 6.54 Å². The molecule has 0 aromatic carbocycles. The summed E-state index contributed by atoms with van der Waals surface area (Å²) >= 11 is 0. The molecule has 1 aromatic rings. The molecular weight excluding hydrogens is 226 g/mol. The van der Waals surface area contributed by atoms with Gasteiger partial charge in [0.1, 0.15) is 12.7 Å². The van der Waals surface area contributed by atoms with Crippen molar-refractivity contribution in [2.75, 3.05) is 13.1 Å². The first-order valence-electron chi connectivity index (χ1n) is 5.24. The Morgan fingerprint density at radius 1 is 1.29 bits per heavy atom. The van der Waals surface area contributed by atoms with Crippen LogP contribution in [-0.2, 0) is 11.3 Å². The van der Waals surface area contributed by atoms with E-state index in [1.165, 1.54) is 6.33 Å². The third kappa shape index (κ3) is 6.13. The lowest BCUT2D eigenvalue weighted by Gasteiger charge is -2.06. The summed E-state index contributed by atoms with van der Waals surface area (Å²) in [5, 5.41) is 17.4. The summed E-state index contributed by atoms with van der Waals surface area (Å²) in [6.07, 6.45) is 3.46. The minimum absolute atomic E-state index is 0.0548. The van der Waals surface area contributed by atoms with Crippen LogP contribution in [0.1, 0.15) is 12.8 Å². The summed E-state index contributed by atoms with van der Waals surface area (Å²) < 4.78 is 1.60. The van der Waals surface area contributed by atoms with Gasteiger partial charge in [0.25, 0.3) is 0 Å². The molecule has 0 fully saturated rings. The molecular formula is C9H15N5O3. The van der Waals surface area contributed by atoms with E-state index in [2.05, 4.69) is 20.7 Å². The van der Waals surface area contributed by atoms with Gasteiger partial charge in [-0.05, 0) is 6.42 Å². The highest BCUT2D eigenvalue weighted by molar-refractivity contribution is 5.73. The van der Waals surface area contributed by atoms with Crippen LogP contribution in [0.15, 0.2) is 12.7 Å². The average molecular weight is 241 g/mol. The standard InChI is InChI=1S/C9H15N5O3/c15-8(16)2-1-3-11-9(17)12-4-5-14-7-10-6-13-14/h6-7H,1-5H2,(H,15,16)(H2,11,12,17). The van der Waals surface area contributed by atoms with Gasteiger partial charge in [-0.2, -0.15) is 5.10 Å². The number of amides is 2. The fourth-order valence-corrected chi connectivity index (χ4v) is 1.14. The van der Waals surface area contributed by atoms with E-state index in [4.69, 9.17) is 5.11 Å². The highest BCUT2D eigenvalue weighted by Crippen LogP contribution is 1.85. The summed E-state index contributed by atoms with van der Waals surface area (Å²) in [5.74, 6) is -0.863. The lowest BCUT2D eigenvalue weighted by Crippen LogP contribution is -2.37. The maximum absolute atomic E-state index is 11.2. The zero-order valence-electron chi connectivity index (χ0n) is 9.30. The third-order valence-corrected chi connectivity index (χ3v) is 1.95. The molecule has 8 heteroatoms. The smallest absolute Gasteiger partial charge is 0.314 e. The Morgan fingerprint density at radius 3 is 2.71 bits per heavy atom.